The Morgan fingerprint density at radius 2 is 1.73 bits per heavy atom. The number of pyridine rings is 1. The highest BCUT2D eigenvalue weighted by Gasteiger charge is 2.21. The largest absolute Gasteiger partial charge is 0.411 e. The molecule has 0 aliphatic rings. The maximum Gasteiger partial charge on any atom is 0.253 e. The maximum atomic E-state index is 12.3. The number of hydrogen-bond donors (Lipinski definition) is 1. The Kier molecular flexibility index (Phi) is 6.62. The van der Waals surface area contributed by atoms with Gasteiger partial charge in [-0.15, -0.1) is 0 Å². The summed E-state index contributed by atoms with van der Waals surface area (Å²) in [6.45, 7) is 4.00. The molecule has 0 aliphatic carbocycles. The Bertz CT molecular complexity index is 1060. The Morgan fingerprint density at radius 1 is 1.03 bits per heavy atom. The average molecular weight is 402 g/mol. The van der Waals surface area contributed by atoms with Crippen LogP contribution in [0.4, 0.5) is 0 Å². The van der Waals surface area contributed by atoms with E-state index in [9.17, 15) is 10.0 Å². The molecule has 0 saturated heterocycles. The average Bonchev–Trinajstić information content (AvgIpc) is 2.75. The van der Waals surface area contributed by atoms with Gasteiger partial charge in [-0.3, -0.25) is 9.78 Å². The number of rotatable bonds is 6. The van der Waals surface area contributed by atoms with Crippen molar-refractivity contribution in [1.29, 1.82) is 0 Å². The van der Waals surface area contributed by atoms with E-state index in [2.05, 4.69) is 29.2 Å². The Balaban J connectivity index is 2.01. The first-order valence-electron chi connectivity index (χ1n) is 9.91. The molecular formula is C25H27N3O2. The SMILES string of the molecule is Cc1cc(/C(C[C@H](c2ccc(C(=O)N(C)C)cc2)c2ccccc2C)=N\O)ccn1. The van der Waals surface area contributed by atoms with Crippen molar-refractivity contribution in [2.75, 3.05) is 14.1 Å². The van der Waals surface area contributed by atoms with E-state index in [1.165, 1.54) is 5.56 Å². The zero-order chi connectivity index (χ0) is 21.7. The highest BCUT2D eigenvalue weighted by Crippen LogP contribution is 2.32. The van der Waals surface area contributed by atoms with Crippen LogP contribution in [0.25, 0.3) is 0 Å². The van der Waals surface area contributed by atoms with Gasteiger partial charge in [-0.25, -0.2) is 0 Å². The van der Waals surface area contributed by atoms with Crippen LogP contribution in [0.1, 0.15) is 50.6 Å². The van der Waals surface area contributed by atoms with Crippen molar-refractivity contribution in [2.45, 2.75) is 26.2 Å². The van der Waals surface area contributed by atoms with Gasteiger partial charge in [0.15, 0.2) is 0 Å². The summed E-state index contributed by atoms with van der Waals surface area (Å²) in [7, 11) is 3.49. The summed E-state index contributed by atoms with van der Waals surface area (Å²) in [6, 6.07) is 19.7. The zero-order valence-corrected chi connectivity index (χ0v) is 17.8. The predicted molar refractivity (Wildman–Crippen MR) is 119 cm³/mol. The van der Waals surface area contributed by atoms with Gasteiger partial charge in [0.1, 0.15) is 0 Å². The summed E-state index contributed by atoms with van der Waals surface area (Å²) in [5.74, 6) is -0.0482. The molecule has 1 N–H and O–H groups in total. The molecule has 0 spiro atoms. The predicted octanol–water partition coefficient (Wildman–Crippen LogP) is 4.80. The molecular weight excluding hydrogens is 374 g/mol. The molecule has 3 aromatic rings. The van der Waals surface area contributed by atoms with Crippen molar-refractivity contribution in [3.05, 3.63) is 100 Å². The van der Waals surface area contributed by atoms with Crippen molar-refractivity contribution in [1.82, 2.24) is 9.88 Å². The fraction of sp³-hybridized carbons (Fsp3) is 0.240. The first-order valence-corrected chi connectivity index (χ1v) is 9.91. The highest BCUT2D eigenvalue weighted by molar-refractivity contribution is 6.01. The molecule has 3 rings (SSSR count). The molecule has 1 aromatic heterocycles. The topological polar surface area (TPSA) is 65.8 Å². The Hall–Kier alpha value is -3.47. The summed E-state index contributed by atoms with van der Waals surface area (Å²) in [6.07, 6.45) is 2.24. The molecule has 5 heteroatoms. The number of benzene rings is 2. The van der Waals surface area contributed by atoms with E-state index in [-0.39, 0.29) is 11.8 Å². The second-order valence-corrected chi connectivity index (χ2v) is 7.67. The third-order valence-corrected chi connectivity index (χ3v) is 5.28. The van der Waals surface area contributed by atoms with Crippen molar-refractivity contribution in [3.63, 3.8) is 0 Å². The smallest absolute Gasteiger partial charge is 0.253 e. The number of aromatic nitrogens is 1. The number of nitrogens with zero attached hydrogens (tertiary/aromatic N) is 3. The van der Waals surface area contributed by atoms with Gasteiger partial charge in [0.25, 0.3) is 5.91 Å². The molecule has 0 aliphatic heterocycles. The van der Waals surface area contributed by atoms with E-state index in [0.29, 0.717) is 17.7 Å². The molecule has 0 unspecified atom stereocenters. The third kappa shape index (κ3) is 4.74. The van der Waals surface area contributed by atoms with Crippen LogP contribution in [0.15, 0.2) is 72.0 Å². The van der Waals surface area contributed by atoms with Gasteiger partial charge in [-0.05, 0) is 54.8 Å². The number of hydrogen-bond acceptors (Lipinski definition) is 4. The summed E-state index contributed by atoms with van der Waals surface area (Å²) < 4.78 is 0. The summed E-state index contributed by atoms with van der Waals surface area (Å²) in [5, 5.41) is 13.4. The van der Waals surface area contributed by atoms with Gasteiger partial charge >= 0.3 is 0 Å². The van der Waals surface area contributed by atoms with Crippen LogP contribution in [0.5, 0.6) is 0 Å². The number of carbonyl (C=O) groups excluding carboxylic acids is 1. The standard InChI is InChI=1S/C25H27N3O2/c1-17-7-5-6-8-22(17)23(16-24(27-30)21-13-14-26-18(2)15-21)19-9-11-20(12-10-19)25(29)28(3)4/h5-15,23,30H,16H2,1-4H3/b27-24-/t23-/m1/s1. The molecule has 2 aromatic carbocycles. The van der Waals surface area contributed by atoms with Gasteiger partial charge in [-0.2, -0.15) is 0 Å². The molecule has 5 nitrogen and oxygen atoms in total. The molecule has 30 heavy (non-hydrogen) atoms. The summed E-state index contributed by atoms with van der Waals surface area (Å²) >= 11 is 0. The minimum absolute atomic E-state index is 0.0194. The van der Waals surface area contributed by atoms with Crippen LogP contribution in [0.3, 0.4) is 0 Å². The number of oxime groups is 1. The summed E-state index contributed by atoms with van der Waals surface area (Å²) in [4.78, 5) is 18.1. The second kappa shape index (κ2) is 9.35. The fourth-order valence-corrected chi connectivity index (χ4v) is 3.64. The quantitative estimate of drug-likeness (QED) is 0.366. The normalized spacial score (nSPS) is 12.5. The third-order valence-electron chi connectivity index (χ3n) is 5.28. The van der Waals surface area contributed by atoms with Crippen LogP contribution in [0.2, 0.25) is 0 Å². The molecule has 154 valence electrons. The van der Waals surface area contributed by atoms with E-state index in [1.807, 2.05) is 55.5 Å². The lowest BCUT2D eigenvalue weighted by Crippen LogP contribution is -2.21. The van der Waals surface area contributed by atoms with E-state index in [4.69, 9.17) is 0 Å². The van der Waals surface area contributed by atoms with Gasteiger partial charge in [0.2, 0.25) is 0 Å². The van der Waals surface area contributed by atoms with E-state index in [1.54, 1.807) is 25.2 Å². The van der Waals surface area contributed by atoms with Crippen LogP contribution in [-0.4, -0.2) is 40.8 Å². The molecule has 1 heterocycles. The van der Waals surface area contributed by atoms with Gasteiger partial charge < -0.3 is 10.1 Å². The van der Waals surface area contributed by atoms with Crippen molar-refractivity contribution in [2.24, 2.45) is 5.16 Å². The van der Waals surface area contributed by atoms with Crippen LogP contribution in [-0.2, 0) is 0 Å². The molecule has 1 amide bonds. The van der Waals surface area contributed by atoms with Crippen molar-refractivity contribution in [3.8, 4) is 0 Å². The lowest BCUT2D eigenvalue weighted by atomic mass is 9.83. The fourth-order valence-electron chi connectivity index (χ4n) is 3.64. The maximum absolute atomic E-state index is 12.3. The summed E-state index contributed by atoms with van der Waals surface area (Å²) in [5.41, 5.74) is 6.35. The molecule has 1 atom stereocenters. The first kappa shape index (κ1) is 21.2. The molecule has 0 radical (unpaired) electrons. The molecule has 0 fully saturated rings. The van der Waals surface area contributed by atoms with Gasteiger partial charge in [0, 0.05) is 49.5 Å². The number of amides is 1. The van der Waals surface area contributed by atoms with E-state index < -0.39 is 0 Å². The monoisotopic (exact) mass is 401 g/mol. The minimum Gasteiger partial charge on any atom is -0.411 e. The minimum atomic E-state index is -0.0288. The van der Waals surface area contributed by atoms with E-state index >= 15 is 0 Å². The Morgan fingerprint density at radius 3 is 2.33 bits per heavy atom. The highest BCUT2D eigenvalue weighted by atomic mass is 16.4. The Labute approximate surface area is 177 Å². The van der Waals surface area contributed by atoms with E-state index in [0.717, 1.165) is 22.4 Å². The lowest BCUT2D eigenvalue weighted by Gasteiger charge is -2.21. The number of aryl methyl sites for hydroxylation is 2. The molecule has 0 bridgehead atoms. The second-order valence-electron chi connectivity index (χ2n) is 7.67. The van der Waals surface area contributed by atoms with Crippen LogP contribution in [0, 0.1) is 13.8 Å². The zero-order valence-electron chi connectivity index (χ0n) is 17.8. The number of carbonyl (C=O) groups is 1. The van der Waals surface area contributed by atoms with Crippen LogP contribution < -0.4 is 0 Å². The van der Waals surface area contributed by atoms with Crippen molar-refractivity contribution < 1.29 is 10.0 Å². The molecule has 0 saturated carbocycles. The van der Waals surface area contributed by atoms with Crippen molar-refractivity contribution >= 4 is 11.6 Å². The van der Waals surface area contributed by atoms with Crippen LogP contribution >= 0.6 is 0 Å². The van der Waals surface area contributed by atoms with Gasteiger partial charge in [-0.1, -0.05) is 41.6 Å². The van der Waals surface area contributed by atoms with Gasteiger partial charge in [0.05, 0.1) is 5.71 Å². The lowest BCUT2D eigenvalue weighted by molar-refractivity contribution is 0.0827. The first-order chi connectivity index (χ1) is 14.4.